The van der Waals surface area contributed by atoms with E-state index < -0.39 is 0 Å². The van der Waals surface area contributed by atoms with Gasteiger partial charge in [-0.1, -0.05) is 6.92 Å². The van der Waals surface area contributed by atoms with Crippen LogP contribution in [0.1, 0.15) is 40.5 Å². The van der Waals surface area contributed by atoms with Crippen molar-refractivity contribution in [2.24, 2.45) is 5.92 Å². The number of carbonyl (C=O) groups excluding carboxylic acids is 1. The number of alkyl carbamates (subject to hydrolysis) is 1. The molecule has 1 aliphatic rings. The highest BCUT2D eigenvalue weighted by atomic mass is 16.6. The molecule has 15 heavy (non-hydrogen) atoms. The van der Waals surface area contributed by atoms with E-state index in [1.54, 1.807) is 0 Å². The summed E-state index contributed by atoms with van der Waals surface area (Å²) in [5.41, 5.74) is -0.389. The standard InChI is InChI=1S/C6H13NO2.C5H10O/c1-6(2,3)9-5(8)7-4;1-4-2-5(6)3-4/h1-4H3,(H,7,8);4-6H,2-3H2,1H3. The normalized spacial score (nSPS) is 24.4. The number of rotatable bonds is 0. The average Bonchev–Trinajstić information content (AvgIpc) is 2.00. The van der Waals surface area contributed by atoms with Crippen molar-refractivity contribution in [1.29, 1.82) is 0 Å². The molecule has 0 saturated heterocycles. The molecule has 0 atom stereocenters. The Labute approximate surface area is 92.0 Å². The maximum atomic E-state index is 10.5. The highest BCUT2D eigenvalue weighted by molar-refractivity contribution is 5.67. The third-order valence-electron chi connectivity index (χ3n) is 1.95. The van der Waals surface area contributed by atoms with Crippen LogP contribution in [-0.4, -0.2) is 30.0 Å². The Hall–Kier alpha value is -0.770. The fourth-order valence-electron chi connectivity index (χ4n) is 1.19. The Kier molecular flexibility index (Phi) is 5.65. The number of aliphatic hydroxyl groups is 1. The van der Waals surface area contributed by atoms with E-state index in [1.807, 2.05) is 20.8 Å². The molecule has 0 aromatic carbocycles. The average molecular weight is 217 g/mol. The lowest BCUT2D eigenvalue weighted by molar-refractivity contribution is 0.0511. The van der Waals surface area contributed by atoms with E-state index in [0.717, 1.165) is 18.8 Å². The van der Waals surface area contributed by atoms with Crippen LogP contribution >= 0.6 is 0 Å². The number of hydrogen-bond donors (Lipinski definition) is 2. The van der Waals surface area contributed by atoms with Crippen LogP contribution in [-0.2, 0) is 4.74 Å². The van der Waals surface area contributed by atoms with Crippen LogP contribution in [0.2, 0.25) is 0 Å². The van der Waals surface area contributed by atoms with E-state index in [9.17, 15) is 4.79 Å². The summed E-state index contributed by atoms with van der Waals surface area (Å²) in [6, 6.07) is 0. The van der Waals surface area contributed by atoms with Gasteiger partial charge in [0.05, 0.1) is 6.10 Å². The summed E-state index contributed by atoms with van der Waals surface area (Å²) in [5.74, 6) is 0.792. The summed E-state index contributed by atoms with van der Waals surface area (Å²) >= 11 is 0. The second kappa shape index (κ2) is 5.95. The van der Waals surface area contributed by atoms with Gasteiger partial charge in [-0.3, -0.25) is 0 Å². The molecule has 0 aromatic heterocycles. The number of carbonyl (C=O) groups is 1. The highest BCUT2D eigenvalue weighted by Crippen LogP contribution is 2.25. The fourth-order valence-corrected chi connectivity index (χ4v) is 1.19. The van der Waals surface area contributed by atoms with Gasteiger partial charge in [-0.15, -0.1) is 0 Å². The zero-order valence-electron chi connectivity index (χ0n) is 10.3. The van der Waals surface area contributed by atoms with Gasteiger partial charge in [0.25, 0.3) is 0 Å². The molecule has 0 unspecified atom stereocenters. The van der Waals surface area contributed by atoms with Crippen molar-refractivity contribution in [3.63, 3.8) is 0 Å². The first-order valence-corrected chi connectivity index (χ1v) is 5.33. The van der Waals surface area contributed by atoms with E-state index >= 15 is 0 Å². The summed E-state index contributed by atoms with van der Waals surface area (Å²) in [5, 5.41) is 11.0. The molecular weight excluding hydrogens is 194 g/mol. The minimum atomic E-state index is -0.389. The Morgan fingerprint density at radius 3 is 1.93 bits per heavy atom. The fraction of sp³-hybridized carbons (Fsp3) is 0.909. The van der Waals surface area contributed by atoms with Gasteiger partial charge in [0, 0.05) is 7.05 Å². The molecule has 1 aliphatic carbocycles. The Morgan fingerprint density at radius 1 is 1.40 bits per heavy atom. The molecule has 0 spiro atoms. The van der Waals surface area contributed by atoms with Crippen molar-refractivity contribution < 1.29 is 14.6 Å². The van der Waals surface area contributed by atoms with Crippen LogP contribution in [0.25, 0.3) is 0 Å². The lowest BCUT2D eigenvalue weighted by Gasteiger charge is -2.27. The number of ether oxygens (including phenoxy) is 1. The number of nitrogens with one attached hydrogen (secondary N) is 1. The topological polar surface area (TPSA) is 58.6 Å². The largest absolute Gasteiger partial charge is 0.444 e. The maximum Gasteiger partial charge on any atom is 0.407 e. The van der Waals surface area contributed by atoms with E-state index in [0.29, 0.717) is 0 Å². The lowest BCUT2D eigenvalue weighted by Crippen LogP contribution is -2.30. The van der Waals surface area contributed by atoms with E-state index in [4.69, 9.17) is 9.84 Å². The van der Waals surface area contributed by atoms with E-state index in [-0.39, 0.29) is 17.8 Å². The first-order chi connectivity index (χ1) is 6.74. The van der Waals surface area contributed by atoms with Crippen molar-refractivity contribution in [3.8, 4) is 0 Å². The van der Waals surface area contributed by atoms with Gasteiger partial charge in [0.1, 0.15) is 5.60 Å². The zero-order chi connectivity index (χ0) is 12.1. The zero-order valence-corrected chi connectivity index (χ0v) is 10.3. The summed E-state index contributed by atoms with van der Waals surface area (Å²) in [6.45, 7) is 7.62. The number of hydrogen-bond acceptors (Lipinski definition) is 3. The van der Waals surface area contributed by atoms with Crippen molar-refractivity contribution in [1.82, 2.24) is 5.32 Å². The van der Waals surface area contributed by atoms with Gasteiger partial charge in [-0.05, 0) is 39.5 Å². The molecule has 0 heterocycles. The minimum absolute atomic E-state index is 0.0417. The van der Waals surface area contributed by atoms with Crippen molar-refractivity contribution in [2.45, 2.75) is 52.2 Å². The first kappa shape index (κ1) is 14.2. The predicted molar refractivity (Wildman–Crippen MR) is 59.7 cm³/mol. The molecule has 0 radical (unpaired) electrons. The molecule has 1 saturated carbocycles. The highest BCUT2D eigenvalue weighted by Gasteiger charge is 2.21. The summed E-state index contributed by atoms with van der Waals surface area (Å²) in [4.78, 5) is 10.5. The smallest absolute Gasteiger partial charge is 0.407 e. The van der Waals surface area contributed by atoms with Crippen molar-refractivity contribution in [2.75, 3.05) is 7.05 Å². The summed E-state index contributed by atoms with van der Waals surface area (Å²) in [7, 11) is 1.54. The van der Waals surface area contributed by atoms with Gasteiger partial charge in [-0.25, -0.2) is 4.79 Å². The van der Waals surface area contributed by atoms with Gasteiger partial charge in [-0.2, -0.15) is 0 Å². The third kappa shape index (κ3) is 8.24. The second-order valence-corrected chi connectivity index (χ2v) is 4.98. The Bertz CT molecular complexity index is 186. The van der Waals surface area contributed by atoms with Crippen LogP contribution in [0.15, 0.2) is 0 Å². The maximum absolute atomic E-state index is 10.5. The second-order valence-electron chi connectivity index (χ2n) is 4.98. The molecule has 0 aliphatic heterocycles. The molecular formula is C11H23NO3. The molecule has 0 aromatic rings. The molecule has 1 amide bonds. The first-order valence-electron chi connectivity index (χ1n) is 5.33. The lowest BCUT2D eigenvalue weighted by atomic mass is 9.84. The van der Waals surface area contributed by atoms with Gasteiger partial charge >= 0.3 is 6.09 Å². The summed E-state index contributed by atoms with van der Waals surface area (Å²) < 4.78 is 4.84. The minimum Gasteiger partial charge on any atom is -0.444 e. The molecule has 0 bridgehead atoms. The van der Waals surface area contributed by atoms with Gasteiger partial charge in [0.15, 0.2) is 0 Å². The van der Waals surface area contributed by atoms with Gasteiger partial charge in [0.2, 0.25) is 0 Å². The molecule has 90 valence electrons. The third-order valence-corrected chi connectivity index (χ3v) is 1.95. The molecule has 1 fully saturated rings. The molecule has 4 heteroatoms. The monoisotopic (exact) mass is 217 g/mol. The Morgan fingerprint density at radius 2 is 1.87 bits per heavy atom. The predicted octanol–water partition coefficient (Wildman–Crippen LogP) is 1.92. The van der Waals surface area contributed by atoms with Crippen LogP contribution in [0.3, 0.4) is 0 Å². The van der Waals surface area contributed by atoms with E-state index in [2.05, 4.69) is 12.2 Å². The van der Waals surface area contributed by atoms with Crippen LogP contribution in [0.4, 0.5) is 4.79 Å². The van der Waals surface area contributed by atoms with Crippen molar-refractivity contribution >= 4 is 6.09 Å². The quantitative estimate of drug-likeness (QED) is 0.651. The molecule has 4 nitrogen and oxygen atoms in total. The number of aliphatic hydroxyl groups excluding tert-OH is 1. The van der Waals surface area contributed by atoms with E-state index in [1.165, 1.54) is 7.05 Å². The van der Waals surface area contributed by atoms with Crippen LogP contribution < -0.4 is 5.32 Å². The molecule has 2 N–H and O–H groups in total. The van der Waals surface area contributed by atoms with Crippen LogP contribution in [0.5, 0.6) is 0 Å². The van der Waals surface area contributed by atoms with Gasteiger partial charge < -0.3 is 15.2 Å². The Balaban J connectivity index is 0.000000280. The van der Waals surface area contributed by atoms with Crippen molar-refractivity contribution in [3.05, 3.63) is 0 Å². The summed E-state index contributed by atoms with van der Waals surface area (Å²) in [6.07, 6.45) is 1.71. The number of amides is 1. The van der Waals surface area contributed by atoms with Crippen LogP contribution in [0, 0.1) is 5.92 Å². The molecule has 1 rings (SSSR count). The SMILES string of the molecule is CC1CC(O)C1.CNC(=O)OC(C)(C)C.